The predicted molar refractivity (Wildman–Crippen MR) is 97.1 cm³/mol. The maximum atomic E-state index is 12.5. The van der Waals surface area contributed by atoms with E-state index in [0.29, 0.717) is 34.2 Å². The van der Waals surface area contributed by atoms with Gasteiger partial charge >= 0.3 is 5.97 Å². The van der Waals surface area contributed by atoms with Crippen molar-refractivity contribution in [1.82, 2.24) is 4.57 Å². The maximum absolute atomic E-state index is 12.5. The molecule has 0 saturated carbocycles. The molecule has 6 nitrogen and oxygen atoms in total. The van der Waals surface area contributed by atoms with Crippen LogP contribution in [0.25, 0.3) is 11.3 Å². The molecule has 2 heterocycles. The van der Waals surface area contributed by atoms with Crippen LogP contribution in [-0.2, 0) is 11.2 Å². The fourth-order valence-electron chi connectivity index (χ4n) is 3.62. The third-order valence-corrected chi connectivity index (χ3v) is 5.37. The molecule has 1 aromatic heterocycles. The van der Waals surface area contributed by atoms with E-state index in [1.54, 1.807) is 6.07 Å². The summed E-state index contributed by atoms with van der Waals surface area (Å²) in [6.45, 7) is 3.74. The summed E-state index contributed by atoms with van der Waals surface area (Å²) in [6, 6.07) is 3.63. The van der Waals surface area contributed by atoms with Gasteiger partial charge in [-0.25, -0.2) is 4.79 Å². The zero-order valence-corrected chi connectivity index (χ0v) is 16.0. The number of esters is 1. The summed E-state index contributed by atoms with van der Waals surface area (Å²) >= 11 is 6.57. The van der Waals surface area contributed by atoms with Crippen LogP contribution >= 0.6 is 11.6 Å². The van der Waals surface area contributed by atoms with E-state index in [0.717, 1.165) is 22.4 Å². The summed E-state index contributed by atoms with van der Waals surface area (Å²) in [6.07, 6.45) is 0.410. The lowest BCUT2D eigenvalue weighted by Crippen LogP contribution is -2.20. The standard InChI is InChI=1S/C19H19ClN2O4/c1-9-10(2)22-11(8-21)6-12-13(17(22)15(9)19(23)26-5)7-14(24-3)18(25-4)16(12)20/h7,11H,6H2,1-5H3. The number of carbonyl (C=O) groups excluding carboxylic acids is 1. The van der Waals surface area contributed by atoms with E-state index in [2.05, 4.69) is 6.07 Å². The Morgan fingerprint density at radius 1 is 1.31 bits per heavy atom. The molecule has 1 atom stereocenters. The molecule has 2 aromatic rings. The lowest BCUT2D eigenvalue weighted by Gasteiger charge is -2.28. The molecule has 136 valence electrons. The molecule has 1 aliphatic rings. The van der Waals surface area contributed by atoms with E-state index in [1.807, 2.05) is 18.4 Å². The van der Waals surface area contributed by atoms with Crippen LogP contribution in [0.5, 0.6) is 11.5 Å². The van der Waals surface area contributed by atoms with Gasteiger partial charge in [-0.3, -0.25) is 0 Å². The number of methoxy groups -OCH3 is 3. The minimum atomic E-state index is -0.481. The second kappa shape index (κ2) is 6.58. The molecule has 0 spiro atoms. The Labute approximate surface area is 156 Å². The first-order valence-electron chi connectivity index (χ1n) is 8.04. The maximum Gasteiger partial charge on any atom is 0.340 e. The summed E-state index contributed by atoms with van der Waals surface area (Å²) in [5, 5.41) is 10.1. The minimum Gasteiger partial charge on any atom is -0.493 e. The average molecular weight is 375 g/mol. The van der Waals surface area contributed by atoms with Crippen molar-refractivity contribution in [3.63, 3.8) is 0 Å². The summed E-state index contributed by atoms with van der Waals surface area (Å²) in [7, 11) is 4.38. The summed E-state index contributed by atoms with van der Waals surface area (Å²) in [5.74, 6) is 0.429. The molecule has 0 fully saturated rings. The van der Waals surface area contributed by atoms with Crippen LogP contribution < -0.4 is 9.47 Å². The van der Waals surface area contributed by atoms with Crippen LogP contribution in [0.1, 0.15) is 33.2 Å². The zero-order valence-electron chi connectivity index (χ0n) is 15.3. The van der Waals surface area contributed by atoms with Crippen molar-refractivity contribution in [2.24, 2.45) is 0 Å². The van der Waals surface area contributed by atoms with Gasteiger partial charge in [0.2, 0.25) is 0 Å². The Morgan fingerprint density at radius 2 is 2.00 bits per heavy atom. The number of halogens is 1. The van der Waals surface area contributed by atoms with E-state index in [4.69, 9.17) is 25.8 Å². The number of rotatable bonds is 3. The van der Waals surface area contributed by atoms with Gasteiger partial charge in [0.1, 0.15) is 6.04 Å². The van der Waals surface area contributed by atoms with Crippen LogP contribution in [0.4, 0.5) is 0 Å². The Morgan fingerprint density at radius 3 is 2.54 bits per heavy atom. The van der Waals surface area contributed by atoms with E-state index >= 15 is 0 Å². The fraction of sp³-hybridized carbons (Fsp3) is 0.368. The molecular formula is C19H19ClN2O4. The topological polar surface area (TPSA) is 73.5 Å². The van der Waals surface area contributed by atoms with Crippen molar-refractivity contribution in [3.05, 3.63) is 33.5 Å². The Kier molecular flexibility index (Phi) is 4.59. The Hall–Kier alpha value is -2.65. The summed E-state index contributed by atoms with van der Waals surface area (Å²) in [4.78, 5) is 12.5. The minimum absolute atomic E-state index is 0.390. The molecule has 1 aromatic carbocycles. The molecule has 0 radical (unpaired) electrons. The predicted octanol–water partition coefficient (Wildman–Crippen LogP) is 3.85. The monoisotopic (exact) mass is 374 g/mol. The molecule has 7 heteroatoms. The van der Waals surface area contributed by atoms with Crippen LogP contribution in [0.15, 0.2) is 6.07 Å². The van der Waals surface area contributed by atoms with Gasteiger partial charge in [0, 0.05) is 17.7 Å². The van der Waals surface area contributed by atoms with Crippen LogP contribution in [0.3, 0.4) is 0 Å². The molecule has 26 heavy (non-hydrogen) atoms. The van der Waals surface area contributed by atoms with Gasteiger partial charge in [-0.2, -0.15) is 5.26 Å². The van der Waals surface area contributed by atoms with Gasteiger partial charge in [0.25, 0.3) is 0 Å². The molecule has 0 bridgehead atoms. The van der Waals surface area contributed by atoms with Crippen LogP contribution in [0, 0.1) is 25.2 Å². The number of nitrogens with zero attached hydrogens (tertiary/aromatic N) is 2. The van der Waals surface area contributed by atoms with Gasteiger partial charge in [-0.1, -0.05) is 11.6 Å². The lowest BCUT2D eigenvalue weighted by molar-refractivity contribution is 0.0601. The van der Waals surface area contributed by atoms with Crippen LogP contribution in [-0.4, -0.2) is 31.9 Å². The molecule has 1 unspecified atom stereocenters. The number of hydrogen-bond donors (Lipinski definition) is 0. The van der Waals surface area contributed by atoms with Crippen molar-refractivity contribution in [3.8, 4) is 28.8 Å². The van der Waals surface area contributed by atoms with Gasteiger partial charge in [0.05, 0.1) is 43.7 Å². The highest BCUT2D eigenvalue weighted by Gasteiger charge is 2.35. The normalized spacial score (nSPS) is 14.9. The molecule has 3 rings (SSSR count). The second-order valence-corrected chi connectivity index (χ2v) is 6.47. The number of hydrogen-bond acceptors (Lipinski definition) is 5. The largest absolute Gasteiger partial charge is 0.493 e. The number of benzene rings is 1. The van der Waals surface area contributed by atoms with Crippen molar-refractivity contribution in [2.45, 2.75) is 26.3 Å². The SMILES string of the molecule is COC(=O)c1c(C)c(C)n2c1-c1cc(OC)c(OC)c(Cl)c1CC2C#N. The van der Waals surface area contributed by atoms with Crippen molar-refractivity contribution in [1.29, 1.82) is 5.26 Å². The summed E-state index contributed by atoms with van der Waals surface area (Å²) < 4.78 is 17.7. The van der Waals surface area contributed by atoms with Crippen molar-refractivity contribution < 1.29 is 19.0 Å². The molecule has 0 aliphatic carbocycles. The number of carbonyl (C=O) groups is 1. The van der Waals surface area contributed by atoms with Crippen molar-refractivity contribution >= 4 is 17.6 Å². The van der Waals surface area contributed by atoms with Gasteiger partial charge in [0.15, 0.2) is 11.5 Å². The van der Waals surface area contributed by atoms with E-state index < -0.39 is 12.0 Å². The third-order valence-electron chi connectivity index (χ3n) is 4.97. The van der Waals surface area contributed by atoms with E-state index in [1.165, 1.54) is 21.3 Å². The Bertz CT molecular complexity index is 956. The number of aromatic nitrogens is 1. The molecular weight excluding hydrogens is 356 g/mol. The fourth-order valence-corrected chi connectivity index (χ4v) is 3.97. The van der Waals surface area contributed by atoms with E-state index in [9.17, 15) is 10.1 Å². The number of ether oxygens (including phenoxy) is 3. The highest BCUT2D eigenvalue weighted by atomic mass is 35.5. The molecule has 0 amide bonds. The quantitative estimate of drug-likeness (QED) is 0.763. The third kappa shape index (κ3) is 2.35. The van der Waals surface area contributed by atoms with Crippen molar-refractivity contribution in [2.75, 3.05) is 21.3 Å². The first-order chi connectivity index (χ1) is 12.4. The molecule has 0 saturated heterocycles. The summed E-state index contributed by atoms with van der Waals surface area (Å²) in [5.41, 5.74) is 4.20. The highest BCUT2D eigenvalue weighted by molar-refractivity contribution is 6.33. The van der Waals surface area contributed by atoms with Gasteiger partial charge < -0.3 is 18.8 Å². The van der Waals surface area contributed by atoms with E-state index in [-0.39, 0.29) is 0 Å². The molecule has 1 aliphatic heterocycles. The highest BCUT2D eigenvalue weighted by Crippen LogP contribution is 2.49. The van der Waals surface area contributed by atoms with Crippen LogP contribution in [0.2, 0.25) is 5.02 Å². The first-order valence-corrected chi connectivity index (χ1v) is 8.42. The van der Waals surface area contributed by atoms with Gasteiger partial charge in [-0.15, -0.1) is 0 Å². The zero-order chi connectivity index (χ0) is 19.2. The lowest BCUT2D eigenvalue weighted by atomic mass is 9.91. The number of fused-ring (bicyclic) bond motifs is 3. The number of nitriles is 1. The Balaban J connectivity index is 2.46. The first kappa shape index (κ1) is 18.2. The average Bonchev–Trinajstić information content (AvgIpc) is 2.92. The second-order valence-electron chi connectivity index (χ2n) is 6.10. The molecule has 0 N–H and O–H groups in total. The smallest absolute Gasteiger partial charge is 0.340 e. The van der Waals surface area contributed by atoms with Gasteiger partial charge in [-0.05, 0) is 31.0 Å².